The second kappa shape index (κ2) is 7.74. The zero-order valence-corrected chi connectivity index (χ0v) is 13.5. The molecule has 21 heavy (non-hydrogen) atoms. The van der Waals surface area contributed by atoms with Crippen LogP contribution in [0.3, 0.4) is 0 Å². The van der Waals surface area contributed by atoms with Crippen LogP contribution in [0.25, 0.3) is 0 Å². The lowest BCUT2D eigenvalue weighted by Crippen LogP contribution is -2.19. The molecular formula is C16H14Cl2O2S. The van der Waals surface area contributed by atoms with Gasteiger partial charge in [0.1, 0.15) is 5.25 Å². The highest BCUT2D eigenvalue weighted by molar-refractivity contribution is 7.99. The molecule has 2 aromatic rings. The zero-order valence-electron chi connectivity index (χ0n) is 11.1. The number of hydrogen-bond acceptors (Lipinski definition) is 2. The Labute approximate surface area is 138 Å². The van der Waals surface area contributed by atoms with Crippen molar-refractivity contribution in [3.8, 4) is 0 Å². The van der Waals surface area contributed by atoms with Gasteiger partial charge in [0.15, 0.2) is 0 Å². The van der Waals surface area contributed by atoms with Crippen LogP contribution in [-0.4, -0.2) is 16.3 Å². The molecule has 0 aromatic heterocycles. The van der Waals surface area contributed by atoms with Crippen molar-refractivity contribution in [3.05, 3.63) is 69.7 Å². The van der Waals surface area contributed by atoms with Crippen LogP contribution in [0.4, 0.5) is 0 Å². The molecule has 0 amide bonds. The Balaban J connectivity index is 2.03. The fourth-order valence-electron chi connectivity index (χ4n) is 1.89. The Morgan fingerprint density at radius 3 is 2.52 bits per heavy atom. The molecule has 1 N–H and O–H groups in total. The molecule has 2 aromatic carbocycles. The van der Waals surface area contributed by atoms with Crippen molar-refractivity contribution in [2.24, 2.45) is 0 Å². The lowest BCUT2D eigenvalue weighted by molar-refractivity contribution is -0.136. The summed E-state index contributed by atoms with van der Waals surface area (Å²) in [5.74, 6) is -0.301. The maximum absolute atomic E-state index is 11.4. The summed E-state index contributed by atoms with van der Waals surface area (Å²) in [7, 11) is 0. The third kappa shape index (κ3) is 4.95. The first-order valence-electron chi connectivity index (χ1n) is 6.38. The van der Waals surface area contributed by atoms with Crippen LogP contribution in [-0.2, 0) is 17.0 Å². The minimum Gasteiger partial charge on any atom is -0.480 e. The molecule has 0 spiro atoms. The fraction of sp³-hybridized carbons (Fsp3) is 0.188. The second-order valence-electron chi connectivity index (χ2n) is 4.56. The first kappa shape index (κ1) is 16.2. The quantitative estimate of drug-likeness (QED) is 0.810. The highest BCUT2D eigenvalue weighted by Crippen LogP contribution is 2.28. The molecule has 110 valence electrons. The van der Waals surface area contributed by atoms with E-state index in [1.165, 1.54) is 11.8 Å². The van der Waals surface area contributed by atoms with Crippen molar-refractivity contribution in [1.29, 1.82) is 0 Å². The largest absolute Gasteiger partial charge is 0.480 e. The van der Waals surface area contributed by atoms with Gasteiger partial charge in [-0.05, 0) is 35.7 Å². The van der Waals surface area contributed by atoms with Crippen molar-refractivity contribution in [2.75, 3.05) is 0 Å². The molecular weight excluding hydrogens is 327 g/mol. The van der Waals surface area contributed by atoms with E-state index in [-0.39, 0.29) is 0 Å². The molecule has 0 aliphatic heterocycles. The van der Waals surface area contributed by atoms with Crippen molar-refractivity contribution in [2.45, 2.75) is 17.4 Å². The Morgan fingerprint density at radius 2 is 1.86 bits per heavy atom. The van der Waals surface area contributed by atoms with Gasteiger partial charge in [0, 0.05) is 15.8 Å². The van der Waals surface area contributed by atoms with E-state index in [4.69, 9.17) is 23.2 Å². The van der Waals surface area contributed by atoms with Gasteiger partial charge >= 0.3 is 5.97 Å². The van der Waals surface area contributed by atoms with E-state index >= 15 is 0 Å². The standard InChI is InChI=1S/C16H14Cl2O2S/c17-13-6-7-14(18)12(9-13)10-21-15(16(19)20)8-11-4-2-1-3-5-11/h1-7,9,15H,8,10H2,(H,19,20). The molecule has 2 rings (SSSR count). The number of thioether (sulfide) groups is 1. The fourth-order valence-corrected chi connectivity index (χ4v) is 3.42. The van der Waals surface area contributed by atoms with E-state index in [2.05, 4.69) is 0 Å². The van der Waals surface area contributed by atoms with E-state index in [9.17, 15) is 9.90 Å². The molecule has 0 saturated heterocycles. The number of benzene rings is 2. The SMILES string of the molecule is O=C(O)C(Cc1ccccc1)SCc1cc(Cl)ccc1Cl. The zero-order chi connectivity index (χ0) is 15.2. The number of carbonyl (C=O) groups is 1. The molecule has 1 atom stereocenters. The molecule has 0 heterocycles. The summed E-state index contributed by atoms with van der Waals surface area (Å²) >= 11 is 13.4. The average molecular weight is 341 g/mol. The molecule has 0 radical (unpaired) electrons. The van der Waals surface area contributed by atoms with Crippen molar-refractivity contribution >= 4 is 40.9 Å². The van der Waals surface area contributed by atoms with Crippen molar-refractivity contribution in [1.82, 2.24) is 0 Å². The molecule has 0 fully saturated rings. The Kier molecular flexibility index (Phi) is 5.97. The van der Waals surface area contributed by atoms with Crippen LogP contribution in [0.2, 0.25) is 10.0 Å². The van der Waals surface area contributed by atoms with E-state index in [1.807, 2.05) is 30.3 Å². The minimum absolute atomic E-state index is 0.485. The Morgan fingerprint density at radius 1 is 1.14 bits per heavy atom. The summed E-state index contributed by atoms with van der Waals surface area (Å²) in [5, 5.41) is 10.1. The molecule has 0 saturated carbocycles. The van der Waals surface area contributed by atoms with E-state index in [1.54, 1.807) is 18.2 Å². The van der Waals surface area contributed by atoms with Gasteiger partial charge in [-0.3, -0.25) is 4.79 Å². The van der Waals surface area contributed by atoms with E-state index < -0.39 is 11.2 Å². The molecule has 1 unspecified atom stereocenters. The van der Waals surface area contributed by atoms with Crippen LogP contribution in [0.1, 0.15) is 11.1 Å². The van der Waals surface area contributed by atoms with Crippen LogP contribution in [0, 0.1) is 0 Å². The smallest absolute Gasteiger partial charge is 0.316 e. The summed E-state index contributed by atoms with van der Waals surface area (Å²) in [6, 6.07) is 14.8. The number of carboxylic acids is 1. The number of rotatable bonds is 6. The number of halogens is 2. The van der Waals surface area contributed by atoms with Crippen LogP contribution in [0.5, 0.6) is 0 Å². The maximum atomic E-state index is 11.4. The summed E-state index contributed by atoms with van der Waals surface area (Å²) in [4.78, 5) is 11.4. The second-order valence-corrected chi connectivity index (χ2v) is 6.60. The van der Waals surface area contributed by atoms with Crippen molar-refractivity contribution in [3.63, 3.8) is 0 Å². The topological polar surface area (TPSA) is 37.3 Å². The summed E-state index contributed by atoms with van der Waals surface area (Å²) in [5.41, 5.74) is 1.86. The van der Waals surface area contributed by atoms with Crippen molar-refractivity contribution < 1.29 is 9.90 Å². The Bertz CT molecular complexity index is 617. The van der Waals surface area contributed by atoms with Gasteiger partial charge in [0.25, 0.3) is 0 Å². The summed E-state index contributed by atoms with van der Waals surface area (Å²) in [6.07, 6.45) is 0.485. The molecule has 0 bridgehead atoms. The monoisotopic (exact) mass is 340 g/mol. The lowest BCUT2D eigenvalue weighted by atomic mass is 10.1. The maximum Gasteiger partial charge on any atom is 0.316 e. The Hall–Kier alpha value is -1.16. The van der Waals surface area contributed by atoms with Gasteiger partial charge in [-0.1, -0.05) is 53.5 Å². The van der Waals surface area contributed by atoms with Gasteiger partial charge in [-0.15, -0.1) is 11.8 Å². The normalized spacial score (nSPS) is 12.1. The predicted octanol–water partition coefficient (Wildman–Crippen LogP) is 4.92. The average Bonchev–Trinajstić information content (AvgIpc) is 2.47. The first-order valence-corrected chi connectivity index (χ1v) is 8.19. The van der Waals surface area contributed by atoms with Gasteiger partial charge in [0.2, 0.25) is 0 Å². The van der Waals surface area contributed by atoms with Gasteiger partial charge < -0.3 is 5.11 Å². The first-order chi connectivity index (χ1) is 10.1. The highest BCUT2D eigenvalue weighted by Gasteiger charge is 2.19. The van der Waals surface area contributed by atoms with E-state index in [0.29, 0.717) is 22.2 Å². The number of aliphatic carboxylic acids is 1. The van der Waals surface area contributed by atoms with Crippen LogP contribution < -0.4 is 0 Å². The van der Waals surface area contributed by atoms with Crippen LogP contribution in [0.15, 0.2) is 48.5 Å². The third-order valence-corrected chi connectivity index (χ3v) is 4.84. The predicted molar refractivity (Wildman–Crippen MR) is 89.3 cm³/mol. The molecule has 0 aliphatic carbocycles. The number of hydrogen-bond donors (Lipinski definition) is 1. The van der Waals surface area contributed by atoms with E-state index in [0.717, 1.165) is 11.1 Å². The van der Waals surface area contributed by atoms with Gasteiger partial charge in [-0.2, -0.15) is 0 Å². The highest BCUT2D eigenvalue weighted by atomic mass is 35.5. The van der Waals surface area contributed by atoms with Gasteiger partial charge in [0.05, 0.1) is 0 Å². The minimum atomic E-state index is -0.818. The summed E-state index contributed by atoms with van der Waals surface area (Å²) < 4.78 is 0. The summed E-state index contributed by atoms with van der Waals surface area (Å²) in [6.45, 7) is 0. The third-order valence-electron chi connectivity index (χ3n) is 2.99. The number of carboxylic acid groups (broad SMARTS) is 1. The molecule has 2 nitrogen and oxygen atoms in total. The lowest BCUT2D eigenvalue weighted by Gasteiger charge is -2.13. The van der Waals surface area contributed by atoms with Crippen LogP contribution >= 0.6 is 35.0 Å². The molecule has 0 aliphatic rings. The van der Waals surface area contributed by atoms with Gasteiger partial charge in [-0.25, -0.2) is 0 Å². The molecule has 5 heteroatoms.